The number of pyridine rings is 1. The number of hydrogen-bond donors (Lipinski definition) is 0. The molecule has 176 valence electrons. The molecule has 1 amide bonds. The Balaban J connectivity index is 1.51. The molecule has 1 aromatic carbocycles. The molecule has 0 radical (unpaired) electrons. The van der Waals surface area contributed by atoms with Crippen LogP contribution in [0.5, 0.6) is 5.75 Å². The molecule has 0 N–H and O–H groups in total. The summed E-state index contributed by atoms with van der Waals surface area (Å²) in [4.78, 5) is 25.0. The van der Waals surface area contributed by atoms with E-state index in [1.165, 1.54) is 11.8 Å². The highest BCUT2D eigenvalue weighted by Crippen LogP contribution is 2.36. The number of nitrogens with zero attached hydrogens (tertiary/aromatic N) is 4. The van der Waals surface area contributed by atoms with E-state index in [2.05, 4.69) is 15.6 Å². The van der Waals surface area contributed by atoms with Gasteiger partial charge in [0.25, 0.3) is 5.91 Å². The van der Waals surface area contributed by atoms with E-state index >= 15 is 0 Å². The molecule has 1 fully saturated rings. The van der Waals surface area contributed by atoms with Gasteiger partial charge < -0.3 is 13.7 Å². The van der Waals surface area contributed by atoms with Crippen molar-refractivity contribution < 1.29 is 13.9 Å². The summed E-state index contributed by atoms with van der Waals surface area (Å²) < 4.78 is 12.8. The Morgan fingerprint density at radius 2 is 1.94 bits per heavy atom. The fourth-order valence-corrected chi connectivity index (χ4v) is 4.96. The Bertz CT molecular complexity index is 1400. The van der Waals surface area contributed by atoms with Crippen LogP contribution in [0.15, 0.2) is 87.4 Å². The van der Waals surface area contributed by atoms with Gasteiger partial charge in [0.2, 0.25) is 0 Å². The third-order valence-electron chi connectivity index (χ3n) is 5.71. The molecule has 3 aromatic heterocycles. The monoisotopic (exact) mass is 484 g/mol. The van der Waals surface area contributed by atoms with E-state index in [4.69, 9.17) is 14.1 Å². The predicted molar refractivity (Wildman–Crippen MR) is 138 cm³/mol. The number of carbonyl (C=O) groups excluding carboxylic acids is 1. The summed E-state index contributed by atoms with van der Waals surface area (Å²) in [5.41, 5.74) is 3.76. The van der Waals surface area contributed by atoms with Crippen LogP contribution in [0.1, 0.15) is 22.7 Å². The number of furan rings is 1. The molecule has 4 aromatic rings. The second kappa shape index (κ2) is 9.68. The van der Waals surface area contributed by atoms with Crippen molar-refractivity contribution in [1.29, 1.82) is 0 Å². The molecule has 5 rings (SSSR count). The van der Waals surface area contributed by atoms with Gasteiger partial charge >= 0.3 is 0 Å². The van der Waals surface area contributed by atoms with Gasteiger partial charge in [-0.1, -0.05) is 6.07 Å². The number of aliphatic imine (C=N–C) groups is 1. The van der Waals surface area contributed by atoms with Gasteiger partial charge in [0.1, 0.15) is 17.3 Å². The van der Waals surface area contributed by atoms with Crippen LogP contribution in [0.25, 0.3) is 11.9 Å². The number of hydrogen-bond acceptors (Lipinski definition) is 6. The van der Waals surface area contributed by atoms with Crippen LogP contribution < -0.4 is 4.74 Å². The first-order valence-electron chi connectivity index (χ1n) is 11.1. The number of amidine groups is 1. The minimum atomic E-state index is -0.110. The first-order chi connectivity index (χ1) is 17.0. The van der Waals surface area contributed by atoms with Crippen molar-refractivity contribution in [2.24, 2.45) is 4.99 Å². The second-order valence-electron chi connectivity index (χ2n) is 8.02. The van der Waals surface area contributed by atoms with Gasteiger partial charge in [-0.15, -0.1) is 0 Å². The average molecular weight is 485 g/mol. The minimum absolute atomic E-state index is 0.110. The van der Waals surface area contributed by atoms with Crippen LogP contribution >= 0.6 is 11.8 Å². The first-order valence-corrected chi connectivity index (χ1v) is 11.9. The van der Waals surface area contributed by atoms with Gasteiger partial charge in [0.05, 0.1) is 30.5 Å². The molecule has 0 aliphatic carbocycles. The standard InChI is InChI=1S/C27H24N4O3S/c1-18-15-20(19(2)31(18)25-8-4-5-13-28-25)16-24-26(32)30(17-23-7-6-14-34-23)27(35-24)29-21-9-11-22(33-3)12-10-21/h4-16H,17H2,1-3H3/b24-16-,29-27?. The van der Waals surface area contributed by atoms with E-state index in [1.807, 2.05) is 74.5 Å². The number of benzene rings is 1. The van der Waals surface area contributed by atoms with E-state index in [9.17, 15) is 4.79 Å². The first kappa shape index (κ1) is 22.7. The summed E-state index contributed by atoms with van der Waals surface area (Å²) in [6, 6.07) is 19.0. The minimum Gasteiger partial charge on any atom is -0.497 e. The van der Waals surface area contributed by atoms with E-state index in [1.54, 1.807) is 24.5 Å². The Hall–Kier alpha value is -4.04. The summed E-state index contributed by atoms with van der Waals surface area (Å²) in [6.07, 6.45) is 5.31. The smallest absolute Gasteiger partial charge is 0.267 e. The van der Waals surface area contributed by atoms with Gasteiger partial charge in [-0.25, -0.2) is 9.98 Å². The predicted octanol–water partition coefficient (Wildman–Crippen LogP) is 5.89. The fraction of sp³-hybridized carbons (Fsp3) is 0.148. The van der Waals surface area contributed by atoms with Crippen molar-refractivity contribution >= 4 is 34.6 Å². The average Bonchev–Trinajstić information content (AvgIpc) is 3.56. The Morgan fingerprint density at radius 1 is 1.11 bits per heavy atom. The van der Waals surface area contributed by atoms with Crippen molar-refractivity contribution in [2.45, 2.75) is 20.4 Å². The van der Waals surface area contributed by atoms with Crippen molar-refractivity contribution in [2.75, 3.05) is 7.11 Å². The maximum absolute atomic E-state index is 13.5. The molecular weight excluding hydrogens is 460 g/mol. The summed E-state index contributed by atoms with van der Waals surface area (Å²) >= 11 is 1.36. The van der Waals surface area contributed by atoms with E-state index in [0.29, 0.717) is 22.4 Å². The molecule has 1 aliphatic rings. The molecule has 0 unspecified atom stereocenters. The fourth-order valence-electron chi connectivity index (χ4n) is 3.97. The third kappa shape index (κ3) is 4.65. The lowest BCUT2D eigenvalue weighted by atomic mass is 10.2. The maximum atomic E-state index is 13.5. The SMILES string of the molecule is COc1ccc(N=C2S/C(=C\c3cc(C)n(-c4ccccn4)c3C)C(=O)N2Cc2ccco2)cc1. The molecular formula is C27H24N4O3S. The quantitative estimate of drug-likeness (QED) is 0.319. The molecule has 1 saturated heterocycles. The molecule has 1 aliphatic heterocycles. The highest BCUT2D eigenvalue weighted by atomic mass is 32.2. The highest BCUT2D eigenvalue weighted by molar-refractivity contribution is 8.18. The van der Waals surface area contributed by atoms with E-state index < -0.39 is 0 Å². The number of aromatic nitrogens is 2. The van der Waals surface area contributed by atoms with Crippen LogP contribution in [0.4, 0.5) is 5.69 Å². The van der Waals surface area contributed by atoms with Crippen LogP contribution in [-0.2, 0) is 11.3 Å². The zero-order valence-corrected chi connectivity index (χ0v) is 20.5. The number of amides is 1. The maximum Gasteiger partial charge on any atom is 0.267 e. The normalized spacial score (nSPS) is 16.0. The summed E-state index contributed by atoms with van der Waals surface area (Å²) in [5, 5.41) is 0.598. The molecule has 4 heterocycles. The zero-order chi connectivity index (χ0) is 24.4. The zero-order valence-electron chi connectivity index (χ0n) is 19.6. The number of aryl methyl sites for hydroxylation is 1. The lowest BCUT2D eigenvalue weighted by Gasteiger charge is -2.13. The van der Waals surface area contributed by atoms with Crippen molar-refractivity contribution in [3.8, 4) is 11.6 Å². The number of carbonyl (C=O) groups is 1. The number of ether oxygens (including phenoxy) is 1. The van der Waals surface area contributed by atoms with Gasteiger partial charge in [-0.05, 0) is 91.8 Å². The number of methoxy groups -OCH3 is 1. The van der Waals surface area contributed by atoms with Gasteiger partial charge in [-0.2, -0.15) is 0 Å². The summed E-state index contributed by atoms with van der Waals surface area (Å²) in [5.74, 6) is 2.18. The largest absolute Gasteiger partial charge is 0.497 e. The van der Waals surface area contributed by atoms with Crippen LogP contribution in [-0.4, -0.2) is 32.6 Å². The Labute approximate surface area is 207 Å². The second-order valence-corrected chi connectivity index (χ2v) is 9.03. The molecule has 7 nitrogen and oxygen atoms in total. The Kier molecular flexibility index (Phi) is 6.29. The molecule has 8 heteroatoms. The number of thioether (sulfide) groups is 1. The van der Waals surface area contributed by atoms with Gasteiger partial charge in [-0.3, -0.25) is 9.69 Å². The van der Waals surface area contributed by atoms with Crippen LogP contribution in [0.2, 0.25) is 0 Å². The van der Waals surface area contributed by atoms with Crippen molar-refractivity contribution in [1.82, 2.24) is 14.5 Å². The molecule has 0 bridgehead atoms. The van der Waals surface area contributed by atoms with E-state index in [0.717, 1.165) is 34.2 Å². The molecule has 0 saturated carbocycles. The van der Waals surface area contributed by atoms with E-state index in [-0.39, 0.29) is 5.91 Å². The topological polar surface area (TPSA) is 72.9 Å². The highest BCUT2D eigenvalue weighted by Gasteiger charge is 2.34. The Morgan fingerprint density at radius 3 is 2.63 bits per heavy atom. The molecule has 0 spiro atoms. The lowest BCUT2D eigenvalue weighted by molar-refractivity contribution is -0.122. The van der Waals surface area contributed by atoms with Crippen molar-refractivity contribution in [3.05, 3.63) is 101 Å². The molecule has 0 atom stereocenters. The van der Waals surface area contributed by atoms with Gasteiger partial charge in [0.15, 0.2) is 5.17 Å². The summed E-state index contributed by atoms with van der Waals surface area (Å²) in [6.45, 7) is 4.37. The third-order valence-corrected chi connectivity index (χ3v) is 6.72. The van der Waals surface area contributed by atoms with Crippen LogP contribution in [0.3, 0.4) is 0 Å². The van der Waals surface area contributed by atoms with Gasteiger partial charge in [0, 0.05) is 17.6 Å². The lowest BCUT2D eigenvalue weighted by Crippen LogP contribution is -2.28. The summed E-state index contributed by atoms with van der Waals surface area (Å²) in [7, 11) is 1.62. The van der Waals surface area contributed by atoms with Crippen molar-refractivity contribution in [3.63, 3.8) is 0 Å². The van der Waals surface area contributed by atoms with Crippen LogP contribution in [0, 0.1) is 13.8 Å². The molecule has 35 heavy (non-hydrogen) atoms. The number of rotatable bonds is 6.